The fraction of sp³-hybridized carbons (Fsp3) is 0.364. The summed E-state index contributed by atoms with van der Waals surface area (Å²) < 4.78 is 13.6. The monoisotopic (exact) mass is 387 g/mol. The fourth-order valence-electron chi connectivity index (χ4n) is 4.28. The molecular formula is C22H21N5O2. The molecule has 4 heterocycles. The van der Waals surface area contributed by atoms with Gasteiger partial charge in [-0.2, -0.15) is 5.26 Å². The zero-order valence-electron chi connectivity index (χ0n) is 16.4. The smallest absolute Gasteiger partial charge is 0.144 e. The third-order valence-corrected chi connectivity index (χ3v) is 5.55. The van der Waals surface area contributed by atoms with Crippen LogP contribution in [-0.4, -0.2) is 32.4 Å². The van der Waals surface area contributed by atoms with Gasteiger partial charge in [0.05, 0.1) is 47.1 Å². The summed E-state index contributed by atoms with van der Waals surface area (Å²) in [5.74, 6) is 1.71. The van der Waals surface area contributed by atoms with Crippen LogP contribution in [0, 0.1) is 18.3 Å². The van der Waals surface area contributed by atoms with Crippen molar-refractivity contribution in [2.24, 2.45) is 0 Å². The van der Waals surface area contributed by atoms with Gasteiger partial charge in [0.2, 0.25) is 0 Å². The summed E-state index contributed by atoms with van der Waals surface area (Å²) in [5, 5.41) is 14.4. The highest BCUT2D eigenvalue weighted by Gasteiger charge is 2.27. The maximum atomic E-state index is 9.40. The first-order valence-corrected chi connectivity index (χ1v) is 9.86. The first-order chi connectivity index (χ1) is 14.1. The number of rotatable bonds is 3. The Morgan fingerprint density at radius 2 is 2.17 bits per heavy atom. The quantitative estimate of drug-likeness (QED) is 0.526. The van der Waals surface area contributed by atoms with Crippen molar-refractivity contribution in [1.29, 1.82) is 5.26 Å². The molecule has 4 aromatic rings. The highest BCUT2D eigenvalue weighted by Crippen LogP contribution is 2.34. The molecule has 1 aliphatic heterocycles. The molecule has 1 aromatic carbocycles. The van der Waals surface area contributed by atoms with Gasteiger partial charge in [-0.1, -0.05) is 5.16 Å². The number of imidazole rings is 1. The Hall–Kier alpha value is -3.24. The zero-order valence-corrected chi connectivity index (χ0v) is 16.4. The Morgan fingerprint density at radius 3 is 2.93 bits per heavy atom. The number of hydrogen-bond acceptors (Lipinski definition) is 6. The van der Waals surface area contributed by atoms with Crippen molar-refractivity contribution >= 4 is 21.9 Å². The van der Waals surface area contributed by atoms with Crippen LogP contribution in [0.2, 0.25) is 0 Å². The normalized spacial score (nSPS) is 19.6. The van der Waals surface area contributed by atoms with Crippen LogP contribution in [0.4, 0.5) is 0 Å². The lowest BCUT2D eigenvalue weighted by molar-refractivity contribution is 0.00628. The topological polar surface area (TPSA) is 89.8 Å². The van der Waals surface area contributed by atoms with E-state index in [4.69, 9.17) is 14.2 Å². The molecule has 5 rings (SSSR count). The molecule has 0 unspecified atom stereocenters. The van der Waals surface area contributed by atoms with Gasteiger partial charge in [-0.05, 0) is 44.9 Å². The van der Waals surface area contributed by atoms with E-state index in [1.54, 1.807) is 6.07 Å². The predicted octanol–water partition coefficient (Wildman–Crippen LogP) is 4.08. The minimum Gasteiger partial charge on any atom is -0.378 e. The number of aromatic nitrogens is 4. The van der Waals surface area contributed by atoms with Gasteiger partial charge in [-0.3, -0.25) is 4.98 Å². The SMILES string of the molecule is Cc1cc(Cc2nc3cnc4ccc(C#N)cc4c3n2[C@@H]2CCO[C@H](C)C2)on1. The molecule has 0 spiro atoms. The van der Waals surface area contributed by atoms with E-state index in [0.717, 1.165) is 58.7 Å². The van der Waals surface area contributed by atoms with Crippen LogP contribution in [0.15, 0.2) is 35.0 Å². The first-order valence-electron chi connectivity index (χ1n) is 9.86. The number of nitrogens with zero attached hydrogens (tertiary/aromatic N) is 5. The van der Waals surface area contributed by atoms with Crippen LogP contribution in [0.1, 0.15) is 48.6 Å². The molecule has 0 bridgehead atoms. The Bertz CT molecular complexity index is 1250. The largest absolute Gasteiger partial charge is 0.378 e. The molecule has 1 saturated heterocycles. The number of aryl methyl sites for hydroxylation is 1. The molecule has 7 nitrogen and oxygen atoms in total. The Balaban J connectivity index is 1.75. The lowest BCUT2D eigenvalue weighted by Gasteiger charge is -2.30. The third-order valence-electron chi connectivity index (χ3n) is 5.55. The molecule has 0 radical (unpaired) electrons. The zero-order chi connectivity index (χ0) is 20.0. The van der Waals surface area contributed by atoms with E-state index < -0.39 is 0 Å². The Kier molecular flexibility index (Phi) is 4.29. The van der Waals surface area contributed by atoms with Crippen LogP contribution in [0.3, 0.4) is 0 Å². The molecule has 146 valence electrons. The minimum absolute atomic E-state index is 0.189. The second-order valence-corrected chi connectivity index (χ2v) is 7.70. The maximum absolute atomic E-state index is 9.40. The van der Waals surface area contributed by atoms with Gasteiger partial charge >= 0.3 is 0 Å². The van der Waals surface area contributed by atoms with Crippen molar-refractivity contribution in [1.82, 2.24) is 19.7 Å². The van der Waals surface area contributed by atoms with E-state index in [1.165, 1.54) is 0 Å². The predicted molar refractivity (Wildman–Crippen MR) is 107 cm³/mol. The van der Waals surface area contributed by atoms with Gasteiger partial charge in [0.1, 0.15) is 17.1 Å². The number of fused-ring (bicyclic) bond motifs is 3. The van der Waals surface area contributed by atoms with Gasteiger partial charge in [-0.15, -0.1) is 0 Å². The molecule has 0 N–H and O–H groups in total. The molecule has 1 aliphatic rings. The Morgan fingerprint density at radius 1 is 1.28 bits per heavy atom. The summed E-state index contributed by atoms with van der Waals surface area (Å²) in [6.45, 7) is 4.74. The van der Waals surface area contributed by atoms with Gasteiger partial charge in [-0.25, -0.2) is 4.98 Å². The van der Waals surface area contributed by atoms with Crippen LogP contribution in [0.25, 0.3) is 21.9 Å². The van der Waals surface area contributed by atoms with E-state index in [-0.39, 0.29) is 12.1 Å². The highest BCUT2D eigenvalue weighted by molar-refractivity contribution is 6.02. The summed E-state index contributed by atoms with van der Waals surface area (Å²) in [6.07, 6.45) is 4.39. The maximum Gasteiger partial charge on any atom is 0.144 e. The highest BCUT2D eigenvalue weighted by atomic mass is 16.5. The number of pyridine rings is 1. The molecule has 29 heavy (non-hydrogen) atoms. The van der Waals surface area contributed by atoms with Crippen LogP contribution >= 0.6 is 0 Å². The number of benzene rings is 1. The first kappa shape index (κ1) is 17.8. The lowest BCUT2D eigenvalue weighted by Crippen LogP contribution is -2.26. The van der Waals surface area contributed by atoms with E-state index in [9.17, 15) is 5.26 Å². The molecular weight excluding hydrogens is 366 g/mol. The summed E-state index contributed by atoms with van der Waals surface area (Å²) in [6, 6.07) is 10.1. The average molecular weight is 387 g/mol. The van der Waals surface area contributed by atoms with Crippen LogP contribution < -0.4 is 0 Å². The van der Waals surface area contributed by atoms with Gasteiger partial charge in [0.15, 0.2) is 0 Å². The summed E-state index contributed by atoms with van der Waals surface area (Å²) in [7, 11) is 0. The lowest BCUT2D eigenvalue weighted by atomic mass is 10.0. The summed E-state index contributed by atoms with van der Waals surface area (Å²) in [4.78, 5) is 9.48. The van der Waals surface area contributed by atoms with Crippen molar-refractivity contribution in [3.8, 4) is 6.07 Å². The van der Waals surface area contributed by atoms with Crippen molar-refractivity contribution in [2.45, 2.75) is 45.3 Å². The third kappa shape index (κ3) is 3.15. The van der Waals surface area contributed by atoms with Gasteiger partial charge < -0.3 is 13.8 Å². The molecule has 0 aliphatic carbocycles. The summed E-state index contributed by atoms with van der Waals surface area (Å²) >= 11 is 0. The van der Waals surface area contributed by atoms with Crippen LogP contribution in [0.5, 0.6) is 0 Å². The average Bonchev–Trinajstić information content (AvgIpc) is 3.30. The van der Waals surface area contributed by atoms with E-state index >= 15 is 0 Å². The van der Waals surface area contributed by atoms with Gasteiger partial charge in [0.25, 0.3) is 0 Å². The fourth-order valence-corrected chi connectivity index (χ4v) is 4.28. The standard InChI is InChI=1S/C22H21N5O2/c1-13-7-17(29-26-13)10-21-25-20-12-24-19-4-3-15(11-23)9-18(19)22(20)27(21)16-5-6-28-14(2)8-16/h3-4,7,9,12,14,16H,5-6,8,10H2,1-2H3/t14-,16-/m1/s1. The number of hydrogen-bond donors (Lipinski definition) is 0. The van der Waals surface area contributed by atoms with Crippen molar-refractivity contribution in [3.05, 3.63) is 53.3 Å². The molecule has 7 heteroatoms. The minimum atomic E-state index is 0.189. The molecule has 3 aromatic heterocycles. The summed E-state index contributed by atoms with van der Waals surface area (Å²) in [5.41, 5.74) is 4.19. The van der Waals surface area contributed by atoms with Crippen molar-refractivity contribution in [3.63, 3.8) is 0 Å². The van der Waals surface area contributed by atoms with E-state index in [1.807, 2.05) is 31.3 Å². The molecule has 0 saturated carbocycles. The van der Waals surface area contributed by atoms with E-state index in [2.05, 4.69) is 27.7 Å². The van der Waals surface area contributed by atoms with Crippen molar-refractivity contribution < 1.29 is 9.26 Å². The van der Waals surface area contributed by atoms with Crippen molar-refractivity contribution in [2.75, 3.05) is 6.61 Å². The van der Waals surface area contributed by atoms with Gasteiger partial charge in [0, 0.05) is 24.1 Å². The number of ether oxygens (including phenoxy) is 1. The number of nitriles is 1. The van der Waals surface area contributed by atoms with E-state index in [0.29, 0.717) is 12.0 Å². The molecule has 1 fully saturated rings. The molecule has 2 atom stereocenters. The molecule has 0 amide bonds. The second-order valence-electron chi connectivity index (χ2n) is 7.70. The Labute approximate surface area is 167 Å². The second kappa shape index (κ2) is 6.98. The van der Waals surface area contributed by atoms with Crippen LogP contribution in [-0.2, 0) is 11.2 Å².